The quantitative estimate of drug-likeness (QED) is 0.619. The lowest BCUT2D eigenvalue weighted by Gasteiger charge is -2.13. The lowest BCUT2D eigenvalue weighted by molar-refractivity contribution is 0.793. The second kappa shape index (κ2) is 4.94. The fraction of sp³-hybridized carbons (Fsp3) is 0.167. The van der Waals surface area contributed by atoms with Crippen LogP contribution in [0.5, 0.6) is 0 Å². The Labute approximate surface area is 108 Å². The van der Waals surface area contributed by atoms with Crippen molar-refractivity contribution < 1.29 is 0 Å². The van der Waals surface area contributed by atoms with Crippen LogP contribution >= 0.6 is 23.4 Å². The summed E-state index contributed by atoms with van der Waals surface area (Å²) in [6.45, 7) is 1.92. The molecule has 0 N–H and O–H groups in total. The largest absolute Gasteiger partial charge is 0.269 e. The normalized spacial score (nSPS) is 10.5. The highest BCUT2D eigenvalue weighted by Crippen LogP contribution is 2.25. The first-order valence-corrected chi connectivity index (χ1v) is 6.63. The van der Waals surface area contributed by atoms with Gasteiger partial charge in [0.1, 0.15) is 0 Å². The Kier molecular flexibility index (Phi) is 3.54. The molecule has 1 aromatic carbocycles. The molecule has 0 saturated heterocycles. The first-order valence-electron chi connectivity index (χ1n) is 5.02. The molecular formula is C12H11ClN2OS. The van der Waals surface area contributed by atoms with E-state index >= 15 is 0 Å². The van der Waals surface area contributed by atoms with E-state index < -0.39 is 0 Å². The lowest BCUT2D eigenvalue weighted by atomic mass is 10.2. The Balaban J connectivity index is 2.81. The lowest BCUT2D eigenvalue weighted by Crippen LogP contribution is -2.20. The number of hydrogen-bond acceptors (Lipinski definition) is 3. The third kappa shape index (κ3) is 2.23. The molecule has 1 aromatic heterocycles. The first kappa shape index (κ1) is 12.2. The zero-order chi connectivity index (χ0) is 12.4. The Morgan fingerprint density at radius 1 is 1.35 bits per heavy atom. The van der Waals surface area contributed by atoms with Crippen molar-refractivity contribution >= 4 is 23.4 Å². The maximum atomic E-state index is 12.0. The van der Waals surface area contributed by atoms with E-state index in [1.165, 1.54) is 24.0 Å². The summed E-state index contributed by atoms with van der Waals surface area (Å²) < 4.78 is 1.54. The maximum absolute atomic E-state index is 12.0. The van der Waals surface area contributed by atoms with E-state index in [9.17, 15) is 4.79 Å². The Bertz CT molecular complexity index is 589. The number of hydrogen-bond donors (Lipinski definition) is 0. The van der Waals surface area contributed by atoms with Crippen LogP contribution in [0.2, 0.25) is 5.02 Å². The molecule has 1 heterocycles. The van der Waals surface area contributed by atoms with Crippen LogP contribution < -0.4 is 5.56 Å². The number of rotatable bonds is 2. The highest BCUT2D eigenvalue weighted by atomic mass is 35.5. The van der Waals surface area contributed by atoms with E-state index in [0.717, 1.165) is 5.56 Å². The molecule has 0 fully saturated rings. The van der Waals surface area contributed by atoms with Gasteiger partial charge < -0.3 is 0 Å². The van der Waals surface area contributed by atoms with Gasteiger partial charge in [0.25, 0.3) is 5.56 Å². The average Bonchev–Trinajstić information content (AvgIpc) is 2.30. The van der Waals surface area contributed by atoms with Crippen LogP contribution in [0.3, 0.4) is 0 Å². The molecule has 17 heavy (non-hydrogen) atoms. The summed E-state index contributed by atoms with van der Waals surface area (Å²) in [5.74, 6) is 0. The van der Waals surface area contributed by atoms with Crippen molar-refractivity contribution in [3.8, 4) is 5.69 Å². The third-order valence-corrected chi connectivity index (χ3v) is 3.37. The van der Waals surface area contributed by atoms with Gasteiger partial charge in [0.05, 0.1) is 10.7 Å². The van der Waals surface area contributed by atoms with Crippen molar-refractivity contribution in [2.75, 3.05) is 6.26 Å². The monoisotopic (exact) mass is 266 g/mol. The summed E-state index contributed by atoms with van der Waals surface area (Å²) in [4.78, 5) is 16.1. The molecular weight excluding hydrogens is 256 g/mol. The van der Waals surface area contributed by atoms with E-state index in [1.54, 1.807) is 10.6 Å². The molecule has 0 unspecified atom stereocenters. The molecule has 0 spiro atoms. The van der Waals surface area contributed by atoms with Crippen molar-refractivity contribution in [2.45, 2.75) is 12.1 Å². The van der Waals surface area contributed by atoms with Crippen molar-refractivity contribution in [2.24, 2.45) is 0 Å². The number of benzene rings is 1. The predicted molar refractivity (Wildman–Crippen MR) is 71.4 cm³/mol. The van der Waals surface area contributed by atoms with Crippen LogP contribution in [0.25, 0.3) is 5.69 Å². The topological polar surface area (TPSA) is 34.9 Å². The summed E-state index contributed by atoms with van der Waals surface area (Å²) in [7, 11) is 0. The molecule has 0 radical (unpaired) electrons. The number of aryl methyl sites for hydroxylation is 1. The predicted octanol–water partition coefficient (Wildman–Crippen LogP) is 2.92. The smallest absolute Gasteiger partial charge is 0.258 e. The van der Waals surface area contributed by atoms with Gasteiger partial charge in [-0.2, -0.15) is 0 Å². The number of thioether (sulfide) groups is 1. The molecule has 0 aliphatic heterocycles. The minimum absolute atomic E-state index is 0.124. The van der Waals surface area contributed by atoms with Gasteiger partial charge in [-0.25, -0.2) is 4.98 Å². The standard InChI is InChI=1S/C12H11ClN2OS/c1-8-4-3-5-9(13)11(8)15-10(16)6-7-14-12(15)17-2/h3-7H,1-2H3. The Hall–Kier alpha value is -1.26. The van der Waals surface area contributed by atoms with Crippen LogP contribution in [0, 0.1) is 6.92 Å². The van der Waals surface area contributed by atoms with E-state index in [2.05, 4.69) is 4.98 Å². The fourth-order valence-electron chi connectivity index (χ4n) is 1.65. The second-order valence-electron chi connectivity index (χ2n) is 3.51. The van der Waals surface area contributed by atoms with E-state index in [4.69, 9.17) is 11.6 Å². The molecule has 0 atom stereocenters. The van der Waals surface area contributed by atoms with Crippen molar-refractivity contribution in [3.05, 3.63) is 51.4 Å². The van der Waals surface area contributed by atoms with E-state index in [0.29, 0.717) is 15.9 Å². The number of halogens is 1. The summed E-state index contributed by atoms with van der Waals surface area (Å²) in [5, 5.41) is 1.18. The van der Waals surface area contributed by atoms with Gasteiger partial charge in [0, 0.05) is 12.3 Å². The van der Waals surface area contributed by atoms with E-state index in [-0.39, 0.29) is 5.56 Å². The van der Waals surface area contributed by atoms with Gasteiger partial charge >= 0.3 is 0 Å². The minimum atomic E-state index is -0.124. The van der Waals surface area contributed by atoms with Gasteiger partial charge in [0.15, 0.2) is 5.16 Å². The molecule has 0 aliphatic carbocycles. The van der Waals surface area contributed by atoms with Gasteiger partial charge in [0.2, 0.25) is 0 Å². The molecule has 88 valence electrons. The molecule has 0 saturated carbocycles. The first-order chi connectivity index (χ1) is 8.15. The molecule has 5 heteroatoms. The van der Waals surface area contributed by atoms with Crippen LogP contribution in [0.15, 0.2) is 40.4 Å². The highest BCUT2D eigenvalue weighted by Gasteiger charge is 2.12. The fourth-order valence-corrected chi connectivity index (χ4v) is 2.48. The summed E-state index contributed by atoms with van der Waals surface area (Å²) in [6, 6.07) is 6.99. The van der Waals surface area contributed by atoms with Gasteiger partial charge in [-0.1, -0.05) is 35.5 Å². The zero-order valence-corrected chi connectivity index (χ0v) is 11.0. The minimum Gasteiger partial charge on any atom is -0.269 e. The highest BCUT2D eigenvalue weighted by molar-refractivity contribution is 7.98. The summed E-state index contributed by atoms with van der Waals surface area (Å²) in [5.41, 5.74) is 1.53. The molecule has 3 nitrogen and oxygen atoms in total. The molecule has 0 aliphatic rings. The van der Waals surface area contributed by atoms with Crippen molar-refractivity contribution in [1.82, 2.24) is 9.55 Å². The van der Waals surface area contributed by atoms with E-state index in [1.807, 2.05) is 25.3 Å². The molecule has 2 aromatic rings. The van der Waals surface area contributed by atoms with Gasteiger partial charge in [-0.3, -0.25) is 9.36 Å². The summed E-state index contributed by atoms with van der Waals surface area (Å²) in [6.07, 6.45) is 3.39. The molecule has 0 bridgehead atoms. The second-order valence-corrected chi connectivity index (χ2v) is 4.69. The maximum Gasteiger partial charge on any atom is 0.258 e. The number of aromatic nitrogens is 2. The van der Waals surface area contributed by atoms with Crippen LogP contribution in [-0.2, 0) is 0 Å². The molecule has 0 amide bonds. The van der Waals surface area contributed by atoms with Crippen LogP contribution in [-0.4, -0.2) is 15.8 Å². The zero-order valence-electron chi connectivity index (χ0n) is 9.48. The third-order valence-electron chi connectivity index (χ3n) is 2.41. The summed E-state index contributed by atoms with van der Waals surface area (Å²) >= 11 is 7.58. The van der Waals surface area contributed by atoms with Crippen molar-refractivity contribution in [3.63, 3.8) is 0 Å². The van der Waals surface area contributed by atoms with Gasteiger partial charge in [-0.15, -0.1) is 0 Å². The molecule has 2 rings (SSSR count). The van der Waals surface area contributed by atoms with Gasteiger partial charge in [-0.05, 0) is 24.8 Å². The number of nitrogens with zero attached hydrogens (tertiary/aromatic N) is 2. The van der Waals surface area contributed by atoms with Crippen molar-refractivity contribution in [1.29, 1.82) is 0 Å². The van der Waals surface area contributed by atoms with Crippen LogP contribution in [0.1, 0.15) is 5.56 Å². The SMILES string of the molecule is CSc1nccc(=O)n1-c1c(C)cccc1Cl. The number of para-hydroxylation sites is 1. The average molecular weight is 267 g/mol. The van der Waals surface area contributed by atoms with Crippen LogP contribution in [0.4, 0.5) is 0 Å². The Morgan fingerprint density at radius 3 is 2.76 bits per heavy atom. The Morgan fingerprint density at radius 2 is 2.12 bits per heavy atom.